The summed E-state index contributed by atoms with van der Waals surface area (Å²) in [6.45, 7) is 8.40. The van der Waals surface area contributed by atoms with E-state index < -0.39 is 0 Å². The molecule has 4 nitrogen and oxygen atoms in total. The van der Waals surface area contributed by atoms with Gasteiger partial charge in [-0.2, -0.15) is 0 Å². The summed E-state index contributed by atoms with van der Waals surface area (Å²) in [6, 6.07) is 3.69. The van der Waals surface area contributed by atoms with Gasteiger partial charge in [0.25, 0.3) is 0 Å². The summed E-state index contributed by atoms with van der Waals surface area (Å²) in [5, 5.41) is 9.87. The Morgan fingerprint density at radius 2 is 1.58 bits per heavy atom. The summed E-state index contributed by atoms with van der Waals surface area (Å²) in [7, 11) is 5.16. The molecule has 4 heteroatoms. The molecule has 0 heterocycles. The molecule has 0 radical (unpaired) electrons. The summed E-state index contributed by atoms with van der Waals surface area (Å²) in [6.07, 6.45) is 0. The lowest BCUT2D eigenvalue weighted by molar-refractivity contribution is 0.220. The van der Waals surface area contributed by atoms with E-state index in [4.69, 9.17) is 9.47 Å². The van der Waals surface area contributed by atoms with Crippen molar-refractivity contribution in [2.75, 3.05) is 27.8 Å². The number of rotatable bonds is 5. The first kappa shape index (κ1) is 15.6. The molecule has 0 aromatic heterocycles. The third-order valence-corrected chi connectivity index (χ3v) is 2.74. The van der Waals surface area contributed by atoms with Crippen molar-refractivity contribution in [3.63, 3.8) is 0 Å². The number of nitrogens with zero attached hydrogens (tertiary/aromatic N) is 1. The van der Waals surface area contributed by atoms with Gasteiger partial charge >= 0.3 is 0 Å². The second kappa shape index (κ2) is 6.15. The smallest absolute Gasteiger partial charge is 0.200 e. The van der Waals surface area contributed by atoms with Crippen molar-refractivity contribution in [3.8, 4) is 17.2 Å². The van der Waals surface area contributed by atoms with E-state index in [1.54, 1.807) is 0 Å². The van der Waals surface area contributed by atoms with Crippen LogP contribution in [0.1, 0.15) is 26.3 Å². The predicted molar refractivity (Wildman–Crippen MR) is 77.0 cm³/mol. The fourth-order valence-electron chi connectivity index (χ4n) is 2.22. The van der Waals surface area contributed by atoms with Gasteiger partial charge in [0.1, 0.15) is 0 Å². The van der Waals surface area contributed by atoms with Crippen molar-refractivity contribution in [2.24, 2.45) is 5.41 Å². The number of aromatic hydroxyl groups is 1. The highest BCUT2D eigenvalue weighted by Gasteiger charge is 2.16. The third kappa shape index (κ3) is 4.63. The molecular formula is C15H25NO3. The molecule has 0 aliphatic carbocycles. The van der Waals surface area contributed by atoms with Crippen molar-refractivity contribution < 1.29 is 14.6 Å². The number of phenolic OH excluding ortho intramolecular Hbond substituents is 1. The summed E-state index contributed by atoms with van der Waals surface area (Å²) in [5.74, 6) is 0.934. The molecule has 0 unspecified atom stereocenters. The zero-order valence-electron chi connectivity index (χ0n) is 12.8. The fraction of sp³-hybridized carbons (Fsp3) is 0.600. The normalized spacial score (nSPS) is 11.7. The zero-order valence-corrected chi connectivity index (χ0v) is 12.8. The van der Waals surface area contributed by atoms with Crippen molar-refractivity contribution in [1.82, 2.24) is 4.90 Å². The van der Waals surface area contributed by atoms with E-state index in [1.807, 2.05) is 12.1 Å². The molecular weight excluding hydrogens is 242 g/mol. The first-order chi connectivity index (χ1) is 8.76. The number of benzene rings is 1. The van der Waals surface area contributed by atoms with Gasteiger partial charge in [-0.05, 0) is 30.2 Å². The number of ether oxygens (including phenoxy) is 2. The molecule has 0 saturated carbocycles. The average Bonchev–Trinajstić information content (AvgIpc) is 2.28. The Morgan fingerprint density at radius 3 is 1.95 bits per heavy atom. The van der Waals surface area contributed by atoms with E-state index in [0.717, 1.165) is 18.7 Å². The van der Waals surface area contributed by atoms with Crippen LogP contribution in [0.2, 0.25) is 0 Å². The SMILES string of the molecule is COc1cc(CN(C)CC(C)(C)C)cc(OC)c1O. The Bertz CT molecular complexity index is 399. The molecule has 0 saturated heterocycles. The van der Waals surface area contributed by atoms with Gasteiger partial charge in [0.05, 0.1) is 14.2 Å². The van der Waals surface area contributed by atoms with E-state index >= 15 is 0 Å². The lowest BCUT2D eigenvalue weighted by Gasteiger charge is -2.26. The van der Waals surface area contributed by atoms with Gasteiger partial charge in [-0.15, -0.1) is 0 Å². The molecule has 108 valence electrons. The molecule has 0 aliphatic rings. The van der Waals surface area contributed by atoms with Crippen LogP contribution >= 0.6 is 0 Å². The number of hydrogen-bond acceptors (Lipinski definition) is 4. The number of hydrogen-bond donors (Lipinski definition) is 1. The van der Waals surface area contributed by atoms with Gasteiger partial charge in [-0.1, -0.05) is 20.8 Å². The maximum atomic E-state index is 9.87. The Hall–Kier alpha value is -1.42. The first-order valence-corrected chi connectivity index (χ1v) is 6.39. The second-order valence-electron chi connectivity index (χ2n) is 6.08. The topological polar surface area (TPSA) is 41.9 Å². The summed E-state index contributed by atoms with van der Waals surface area (Å²) in [5.41, 5.74) is 1.30. The molecule has 0 amide bonds. The minimum absolute atomic E-state index is 0.0484. The molecule has 0 atom stereocenters. The highest BCUT2D eigenvalue weighted by atomic mass is 16.5. The van der Waals surface area contributed by atoms with Crippen LogP contribution in [0.25, 0.3) is 0 Å². The first-order valence-electron chi connectivity index (χ1n) is 6.39. The highest BCUT2D eigenvalue weighted by molar-refractivity contribution is 5.52. The fourth-order valence-corrected chi connectivity index (χ4v) is 2.22. The van der Waals surface area contributed by atoms with Gasteiger partial charge < -0.3 is 19.5 Å². The van der Waals surface area contributed by atoms with Crippen molar-refractivity contribution >= 4 is 0 Å². The van der Waals surface area contributed by atoms with Crippen LogP contribution in [-0.2, 0) is 6.54 Å². The highest BCUT2D eigenvalue weighted by Crippen LogP contribution is 2.37. The maximum Gasteiger partial charge on any atom is 0.200 e. The van der Waals surface area contributed by atoms with Gasteiger partial charge in [0.15, 0.2) is 11.5 Å². The molecule has 0 aliphatic heterocycles. The maximum absolute atomic E-state index is 9.87. The summed E-state index contributed by atoms with van der Waals surface area (Å²) >= 11 is 0. The minimum atomic E-state index is 0.0484. The molecule has 1 rings (SSSR count). The lowest BCUT2D eigenvalue weighted by Crippen LogP contribution is -2.28. The largest absolute Gasteiger partial charge is 0.502 e. The standard InChI is InChI=1S/C15H25NO3/c1-15(2,3)10-16(4)9-11-7-12(18-5)14(17)13(8-11)19-6/h7-8,17H,9-10H2,1-6H3. The molecule has 1 aromatic carbocycles. The van der Waals surface area contributed by atoms with Gasteiger partial charge in [-0.25, -0.2) is 0 Å². The van der Waals surface area contributed by atoms with E-state index in [1.165, 1.54) is 14.2 Å². The second-order valence-corrected chi connectivity index (χ2v) is 6.08. The quantitative estimate of drug-likeness (QED) is 0.890. The van der Waals surface area contributed by atoms with Gasteiger partial charge in [0.2, 0.25) is 5.75 Å². The lowest BCUT2D eigenvalue weighted by atomic mass is 9.96. The number of methoxy groups -OCH3 is 2. The number of phenols is 1. The van der Waals surface area contributed by atoms with Crippen LogP contribution in [-0.4, -0.2) is 37.8 Å². The summed E-state index contributed by atoms with van der Waals surface area (Å²) in [4.78, 5) is 2.24. The Labute approximate surface area is 115 Å². The molecule has 1 N–H and O–H groups in total. The van der Waals surface area contributed by atoms with Crippen LogP contribution in [0.3, 0.4) is 0 Å². The summed E-state index contributed by atoms with van der Waals surface area (Å²) < 4.78 is 10.3. The van der Waals surface area contributed by atoms with Crippen LogP contribution in [0.4, 0.5) is 0 Å². The zero-order chi connectivity index (χ0) is 14.6. The molecule has 0 spiro atoms. The Balaban J connectivity index is 2.89. The molecule has 0 fully saturated rings. The Morgan fingerprint density at radius 1 is 1.11 bits per heavy atom. The molecule has 1 aromatic rings. The van der Waals surface area contributed by atoms with Gasteiger partial charge in [0, 0.05) is 13.1 Å². The van der Waals surface area contributed by atoms with Crippen molar-refractivity contribution in [3.05, 3.63) is 17.7 Å². The van der Waals surface area contributed by atoms with Crippen LogP contribution in [0, 0.1) is 5.41 Å². The van der Waals surface area contributed by atoms with E-state index in [-0.39, 0.29) is 11.2 Å². The average molecular weight is 267 g/mol. The molecule has 0 bridgehead atoms. The Kier molecular flexibility index (Phi) is 5.06. The van der Waals surface area contributed by atoms with E-state index in [0.29, 0.717) is 11.5 Å². The monoisotopic (exact) mass is 267 g/mol. The van der Waals surface area contributed by atoms with Crippen molar-refractivity contribution in [1.29, 1.82) is 0 Å². The minimum Gasteiger partial charge on any atom is -0.502 e. The van der Waals surface area contributed by atoms with Gasteiger partial charge in [-0.3, -0.25) is 0 Å². The third-order valence-electron chi connectivity index (χ3n) is 2.74. The predicted octanol–water partition coefficient (Wildman–Crippen LogP) is 2.89. The van der Waals surface area contributed by atoms with Crippen LogP contribution < -0.4 is 9.47 Å². The van der Waals surface area contributed by atoms with Crippen LogP contribution in [0.5, 0.6) is 17.2 Å². The van der Waals surface area contributed by atoms with Crippen molar-refractivity contribution in [2.45, 2.75) is 27.3 Å². The van der Waals surface area contributed by atoms with E-state index in [9.17, 15) is 5.11 Å². The van der Waals surface area contributed by atoms with E-state index in [2.05, 4.69) is 32.7 Å². The molecule has 19 heavy (non-hydrogen) atoms. The van der Waals surface area contributed by atoms with Crippen LogP contribution in [0.15, 0.2) is 12.1 Å².